The third-order valence-corrected chi connectivity index (χ3v) is 3.29. The van der Waals surface area contributed by atoms with Crippen LogP contribution in [0, 0.1) is 0 Å². The number of methoxy groups -OCH3 is 1. The van der Waals surface area contributed by atoms with Crippen molar-refractivity contribution in [1.29, 1.82) is 0 Å². The molecule has 1 aromatic rings. The van der Waals surface area contributed by atoms with Crippen molar-refractivity contribution in [2.24, 2.45) is 7.05 Å². The minimum absolute atomic E-state index is 0.118. The number of carbonyl (C=O) groups excluding carboxylic acids is 2. The molecule has 0 aliphatic carbocycles. The highest BCUT2D eigenvalue weighted by molar-refractivity contribution is 5.95. The van der Waals surface area contributed by atoms with E-state index >= 15 is 0 Å². The van der Waals surface area contributed by atoms with Crippen molar-refractivity contribution in [3.05, 3.63) is 17.5 Å². The van der Waals surface area contributed by atoms with Gasteiger partial charge in [-0.3, -0.25) is 9.48 Å². The molecule has 1 amide bonds. The molecule has 2 rings (SSSR count). The standard InChI is InChI=1S/C13H19N3O4/c1-4-10-9(7-15(2)14-10)12(17)16-5-6-20-11(8-16)13(18)19-3/h7,11H,4-6,8H2,1-3H3. The Bertz CT molecular complexity index is 512. The van der Waals surface area contributed by atoms with Gasteiger partial charge < -0.3 is 14.4 Å². The Hall–Kier alpha value is -1.89. The average molecular weight is 281 g/mol. The zero-order chi connectivity index (χ0) is 14.7. The first-order valence-electron chi connectivity index (χ1n) is 6.58. The maximum absolute atomic E-state index is 12.5. The number of morpholine rings is 1. The van der Waals surface area contributed by atoms with Crippen molar-refractivity contribution >= 4 is 11.9 Å². The summed E-state index contributed by atoms with van der Waals surface area (Å²) in [7, 11) is 3.09. The molecule has 0 bridgehead atoms. The number of carbonyl (C=O) groups is 2. The van der Waals surface area contributed by atoms with Crippen LogP contribution in [-0.2, 0) is 27.7 Å². The molecule has 0 N–H and O–H groups in total. The van der Waals surface area contributed by atoms with E-state index in [-0.39, 0.29) is 12.5 Å². The van der Waals surface area contributed by atoms with Crippen molar-refractivity contribution in [2.75, 3.05) is 26.8 Å². The third-order valence-electron chi connectivity index (χ3n) is 3.29. The zero-order valence-electron chi connectivity index (χ0n) is 12.0. The Kier molecular flexibility index (Phi) is 4.39. The van der Waals surface area contributed by atoms with Gasteiger partial charge in [-0.1, -0.05) is 6.92 Å². The van der Waals surface area contributed by atoms with Crippen LogP contribution in [-0.4, -0.2) is 59.5 Å². The quantitative estimate of drug-likeness (QED) is 0.729. The number of aryl methyl sites for hydroxylation is 2. The van der Waals surface area contributed by atoms with Crippen LogP contribution >= 0.6 is 0 Å². The summed E-state index contributed by atoms with van der Waals surface area (Å²) in [5, 5.41) is 4.26. The van der Waals surface area contributed by atoms with Crippen LogP contribution in [0.25, 0.3) is 0 Å². The lowest BCUT2D eigenvalue weighted by atomic mass is 10.1. The first kappa shape index (κ1) is 14.5. The van der Waals surface area contributed by atoms with Gasteiger partial charge in [0.25, 0.3) is 5.91 Å². The minimum atomic E-state index is -0.709. The van der Waals surface area contributed by atoms with Gasteiger partial charge in [-0.05, 0) is 6.42 Å². The summed E-state index contributed by atoms with van der Waals surface area (Å²) in [5.74, 6) is -0.573. The van der Waals surface area contributed by atoms with Gasteiger partial charge in [0.05, 0.1) is 31.5 Å². The van der Waals surface area contributed by atoms with E-state index in [1.807, 2.05) is 6.92 Å². The maximum atomic E-state index is 12.5. The van der Waals surface area contributed by atoms with E-state index in [0.29, 0.717) is 25.1 Å². The number of amides is 1. The second kappa shape index (κ2) is 6.04. The van der Waals surface area contributed by atoms with Gasteiger partial charge in [-0.2, -0.15) is 5.10 Å². The molecule has 1 atom stereocenters. The SMILES string of the molecule is CCc1nn(C)cc1C(=O)N1CCOC(C(=O)OC)C1. The first-order valence-corrected chi connectivity index (χ1v) is 6.58. The van der Waals surface area contributed by atoms with Crippen LogP contribution in [0.2, 0.25) is 0 Å². The van der Waals surface area contributed by atoms with Crippen LogP contribution in [0.3, 0.4) is 0 Å². The normalized spacial score (nSPS) is 18.9. The molecule has 7 nitrogen and oxygen atoms in total. The lowest BCUT2D eigenvalue weighted by molar-refractivity contribution is -0.158. The summed E-state index contributed by atoms with van der Waals surface area (Å²) in [5.41, 5.74) is 1.35. The molecule has 1 saturated heterocycles. The summed E-state index contributed by atoms with van der Waals surface area (Å²) in [6.07, 6.45) is 1.69. The van der Waals surface area contributed by atoms with Crippen molar-refractivity contribution < 1.29 is 19.1 Å². The van der Waals surface area contributed by atoms with E-state index < -0.39 is 12.1 Å². The molecule has 20 heavy (non-hydrogen) atoms. The van der Waals surface area contributed by atoms with Crippen LogP contribution in [0.4, 0.5) is 0 Å². The summed E-state index contributed by atoms with van der Waals surface area (Å²) in [6, 6.07) is 0. The second-order valence-corrected chi connectivity index (χ2v) is 4.65. The Morgan fingerprint density at radius 1 is 1.55 bits per heavy atom. The Morgan fingerprint density at radius 2 is 2.30 bits per heavy atom. The molecule has 0 spiro atoms. The largest absolute Gasteiger partial charge is 0.467 e. The van der Waals surface area contributed by atoms with Crippen molar-refractivity contribution in [3.8, 4) is 0 Å². The topological polar surface area (TPSA) is 73.7 Å². The molecule has 2 heterocycles. The number of nitrogens with zero attached hydrogens (tertiary/aromatic N) is 3. The van der Waals surface area contributed by atoms with E-state index in [1.165, 1.54) is 7.11 Å². The molecular formula is C13H19N3O4. The zero-order valence-corrected chi connectivity index (χ0v) is 12.0. The summed E-state index contributed by atoms with van der Waals surface area (Å²) in [6.45, 7) is 2.96. The van der Waals surface area contributed by atoms with Gasteiger partial charge in [0.1, 0.15) is 0 Å². The van der Waals surface area contributed by atoms with Gasteiger partial charge in [0.2, 0.25) is 0 Å². The Morgan fingerprint density at radius 3 is 2.95 bits per heavy atom. The third kappa shape index (κ3) is 2.82. The molecule has 7 heteroatoms. The fraction of sp³-hybridized carbons (Fsp3) is 0.615. The lowest BCUT2D eigenvalue weighted by Gasteiger charge is -2.31. The molecule has 1 aliphatic rings. The minimum Gasteiger partial charge on any atom is -0.467 e. The molecule has 1 aromatic heterocycles. The molecule has 1 fully saturated rings. The Labute approximate surface area is 117 Å². The number of aromatic nitrogens is 2. The molecule has 0 saturated carbocycles. The van der Waals surface area contributed by atoms with E-state index in [0.717, 1.165) is 5.69 Å². The summed E-state index contributed by atoms with van der Waals surface area (Å²) >= 11 is 0. The van der Waals surface area contributed by atoms with Crippen LogP contribution in [0.1, 0.15) is 23.0 Å². The fourth-order valence-electron chi connectivity index (χ4n) is 2.25. The van der Waals surface area contributed by atoms with Crippen molar-refractivity contribution in [1.82, 2.24) is 14.7 Å². The Balaban J connectivity index is 2.14. The molecule has 1 aliphatic heterocycles. The predicted octanol–water partition coefficient (Wildman–Crippen LogP) is -0.00350. The van der Waals surface area contributed by atoms with E-state index in [9.17, 15) is 9.59 Å². The number of rotatable bonds is 3. The van der Waals surface area contributed by atoms with E-state index in [1.54, 1.807) is 22.8 Å². The van der Waals surface area contributed by atoms with Crippen LogP contribution in [0.15, 0.2) is 6.20 Å². The van der Waals surface area contributed by atoms with Gasteiger partial charge >= 0.3 is 5.97 Å². The molecular weight excluding hydrogens is 262 g/mol. The smallest absolute Gasteiger partial charge is 0.336 e. The fourth-order valence-corrected chi connectivity index (χ4v) is 2.25. The molecule has 0 radical (unpaired) electrons. The highest BCUT2D eigenvalue weighted by atomic mass is 16.6. The van der Waals surface area contributed by atoms with Crippen LogP contribution in [0.5, 0.6) is 0 Å². The number of hydrogen-bond acceptors (Lipinski definition) is 5. The van der Waals surface area contributed by atoms with Crippen LogP contribution < -0.4 is 0 Å². The second-order valence-electron chi connectivity index (χ2n) is 4.65. The van der Waals surface area contributed by atoms with Gasteiger partial charge in [-0.15, -0.1) is 0 Å². The summed E-state index contributed by atoms with van der Waals surface area (Å²) < 4.78 is 11.6. The molecule has 0 aromatic carbocycles. The van der Waals surface area contributed by atoms with Gasteiger partial charge in [0, 0.05) is 19.8 Å². The maximum Gasteiger partial charge on any atom is 0.336 e. The molecule has 1 unspecified atom stereocenters. The monoisotopic (exact) mass is 281 g/mol. The van der Waals surface area contributed by atoms with E-state index in [4.69, 9.17) is 4.74 Å². The molecule has 110 valence electrons. The number of hydrogen-bond donors (Lipinski definition) is 0. The van der Waals surface area contributed by atoms with Gasteiger partial charge in [-0.25, -0.2) is 4.79 Å². The van der Waals surface area contributed by atoms with Crippen molar-refractivity contribution in [3.63, 3.8) is 0 Å². The number of ether oxygens (including phenoxy) is 2. The highest BCUT2D eigenvalue weighted by Crippen LogP contribution is 2.14. The highest BCUT2D eigenvalue weighted by Gasteiger charge is 2.31. The number of esters is 1. The van der Waals surface area contributed by atoms with Gasteiger partial charge in [0.15, 0.2) is 6.10 Å². The lowest BCUT2D eigenvalue weighted by Crippen LogP contribution is -2.49. The first-order chi connectivity index (χ1) is 9.56. The van der Waals surface area contributed by atoms with Crippen molar-refractivity contribution in [2.45, 2.75) is 19.4 Å². The summed E-state index contributed by atoms with van der Waals surface area (Å²) in [4.78, 5) is 25.6. The average Bonchev–Trinajstić information content (AvgIpc) is 2.86. The van der Waals surface area contributed by atoms with E-state index in [2.05, 4.69) is 9.84 Å². The predicted molar refractivity (Wildman–Crippen MR) is 70.2 cm³/mol.